The Kier molecular flexibility index (Phi) is 5.21. The minimum Gasteiger partial charge on any atom is -0.384 e. The molecule has 1 aromatic carbocycles. The summed E-state index contributed by atoms with van der Waals surface area (Å²) >= 11 is 36.2. The van der Waals surface area contributed by atoms with Crippen LogP contribution in [0, 0.1) is 0 Å². The van der Waals surface area contributed by atoms with Crippen molar-refractivity contribution in [1.29, 1.82) is 0 Å². The van der Waals surface area contributed by atoms with E-state index in [1.807, 2.05) is 0 Å². The highest BCUT2D eigenvalue weighted by atomic mass is 35.5. The molecule has 0 aliphatic heterocycles. The predicted octanol–water partition coefficient (Wildman–Crippen LogP) is 5.02. The first-order valence-electron chi connectivity index (χ1n) is 5.22. The van der Waals surface area contributed by atoms with Crippen LogP contribution in [0.3, 0.4) is 0 Å². The fourth-order valence-electron chi connectivity index (χ4n) is 1.76. The van der Waals surface area contributed by atoms with Gasteiger partial charge in [0.05, 0.1) is 30.2 Å². The van der Waals surface area contributed by atoms with Gasteiger partial charge < -0.3 is 10.2 Å². The molecule has 0 saturated heterocycles. The Morgan fingerprint density at radius 3 is 1.85 bits per heavy atom. The Morgan fingerprint density at radius 1 is 0.750 bits per heavy atom. The maximum Gasteiger partial charge on any atom is 0.122 e. The van der Waals surface area contributed by atoms with Crippen LogP contribution in [0.4, 0.5) is 0 Å². The van der Waals surface area contributed by atoms with Gasteiger partial charge in [-0.3, -0.25) is 0 Å². The molecule has 1 aromatic rings. The molecular weight excluding hydrogens is 389 g/mol. The van der Waals surface area contributed by atoms with Crippen molar-refractivity contribution in [3.05, 3.63) is 47.9 Å². The summed E-state index contributed by atoms with van der Waals surface area (Å²) in [6.45, 7) is 0. The van der Waals surface area contributed by atoms with Crippen LogP contribution in [0.1, 0.15) is 5.56 Å². The first kappa shape index (κ1) is 16.7. The molecule has 0 amide bonds. The number of aliphatic hydroxyl groups is 2. The van der Waals surface area contributed by atoms with Crippen LogP contribution in [-0.2, 0) is 0 Å². The third-order valence-electron chi connectivity index (χ3n) is 2.78. The fraction of sp³-hybridized carbons (Fsp3) is 0.167. The SMILES string of the molecule is OC1C(Cl)=C(Cl)C(c2c(Cl)ccc(Cl)c2Cl)=C(Cl)C1O. The molecule has 20 heavy (non-hydrogen) atoms. The molecule has 0 saturated carbocycles. The Morgan fingerprint density at radius 2 is 1.25 bits per heavy atom. The highest BCUT2D eigenvalue weighted by molar-refractivity contribution is 6.51. The molecular formula is C12H6Cl6O2. The number of benzene rings is 1. The number of aliphatic hydroxyl groups excluding tert-OH is 2. The van der Waals surface area contributed by atoms with Crippen molar-refractivity contribution >= 4 is 75.2 Å². The first-order chi connectivity index (χ1) is 9.27. The number of halogens is 6. The van der Waals surface area contributed by atoms with Gasteiger partial charge in [-0.05, 0) is 12.1 Å². The zero-order chi connectivity index (χ0) is 15.2. The summed E-state index contributed by atoms with van der Waals surface area (Å²) in [6, 6.07) is 3.02. The lowest BCUT2D eigenvalue weighted by molar-refractivity contribution is 0.0737. The summed E-state index contributed by atoms with van der Waals surface area (Å²) in [6.07, 6.45) is -2.83. The van der Waals surface area contributed by atoms with Crippen LogP contribution >= 0.6 is 69.6 Å². The summed E-state index contributed by atoms with van der Waals surface area (Å²) in [7, 11) is 0. The highest BCUT2D eigenvalue weighted by Crippen LogP contribution is 2.47. The number of hydrogen-bond acceptors (Lipinski definition) is 2. The molecule has 8 heteroatoms. The van der Waals surface area contributed by atoms with Gasteiger partial charge in [0.15, 0.2) is 0 Å². The van der Waals surface area contributed by atoms with E-state index in [1.54, 1.807) is 0 Å². The van der Waals surface area contributed by atoms with E-state index in [4.69, 9.17) is 69.6 Å². The van der Waals surface area contributed by atoms with Gasteiger partial charge in [-0.2, -0.15) is 0 Å². The molecule has 2 atom stereocenters. The summed E-state index contributed by atoms with van der Waals surface area (Å²) in [5.41, 5.74) is 0.397. The van der Waals surface area contributed by atoms with Gasteiger partial charge in [-0.25, -0.2) is 0 Å². The van der Waals surface area contributed by atoms with Gasteiger partial charge >= 0.3 is 0 Å². The second kappa shape index (κ2) is 6.23. The minimum absolute atomic E-state index is 0.0412. The van der Waals surface area contributed by atoms with E-state index in [-0.39, 0.29) is 41.3 Å². The Labute approximate surface area is 145 Å². The molecule has 0 aromatic heterocycles. The topological polar surface area (TPSA) is 40.5 Å². The van der Waals surface area contributed by atoms with Crippen molar-refractivity contribution in [1.82, 2.24) is 0 Å². The maximum atomic E-state index is 9.88. The Bertz CT molecular complexity index is 637. The molecule has 0 radical (unpaired) electrons. The molecule has 2 unspecified atom stereocenters. The van der Waals surface area contributed by atoms with Crippen LogP contribution < -0.4 is 0 Å². The molecule has 0 heterocycles. The van der Waals surface area contributed by atoms with Gasteiger partial charge in [0.2, 0.25) is 0 Å². The third-order valence-corrected chi connectivity index (χ3v) is 5.21. The summed E-state index contributed by atoms with van der Waals surface area (Å²) in [5, 5.41) is 19.9. The average molecular weight is 395 g/mol. The Hall–Kier alpha value is 0.360. The number of allylic oxidation sites excluding steroid dienone is 2. The van der Waals surface area contributed by atoms with Crippen molar-refractivity contribution in [3.8, 4) is 0 Å². The van der Waals surface area contributed by atoms with Crippen molar-refractivity contribution < 1.29 is 10.2 Å². The standard InChI is InChI=1S/C12H6Cl6O2/c13-3-1-2-4(14)7(15)5(3)6-8(16)10(18)12(20)11(19)9(6)17/h1-2,11-12,19-20H. The van der Waals surface area contributed by atoms with Gasteiger partial charge in [0, 0.05) is 11.1 Å². The van der Waals surface area contributed by atoms with Crippen LogP contribution in [0.25, 0.3) is 5.57 Å². The maximum absolute atomic E-state index is 9.88. The largest absolute Gasteiger partial charge is 0.384 e. The second-order valence-corrected chi connectivity index (χ2v) is 6.38. The van der Waals surface area contributed by atoms with Crippen molar-refractivity contribution in [2.45, 2.75) is 12.2 Å². The zero-order valence-electron chi connectivity index (χ0n) is 9.47. The predicted molar refractivity (Wildman–Crippen MR) is 85.0 cm³/mol. The third kappa shape index (κ3) is 2.69. The van der Waals surface area contributed by atoms with E-state index >= 15 is 0 Å². The summed E-state index contributed by atoms with van der Waals surface area (Å²) < 4.78 is 0. The molecule has 1 aliphatic rings. The lowest BCUT2D eigenvalue weighted by atomic mass is 9.95. The quantitative estimate of drug-likeness (QED) is 0.656. The van der Waals surface area contributed by atoms with E-state index in [1.165, 1.54) is 12.1 Å². The number of hydrogen-bond donors (Lipinski definition) is 2. The van der Waals surface area contributed by atoms with Crippen molar-refractivity contribution in [2.24, 2.45) is 0 Å². The van der Waals surface area contributed by atoms with Gasteiger partial charge in [0.25, 0.3) is 0 Å². The molecule has 108 valence electrons. The fourth-order valence-corrected chi connectivity index (χ4v) is 3.36. The van der Waals surface area contributed by atoms with E-state index in [0.29, 0.717) is 0 Å². The number of rotatable bonds is 1. The molecule has 0 bridgehead atoms. The van der Waals surface area contributed by atoms with Crippen LogP contribution in [0.5, 0.6) is 0 Å². The van der Waals surface area contributed by atoms with Crippen molar-refractivity contribution in [2.75, 3.05) is 0 Å². The molecule has 2 rings (SSSR count). The summed E-state index contributed by atoms with van der Waals surface area (Å²) in [5.74, 6) is 0. The van der Waals surface area contributed by atoms with Crippen LogP contribution in [-0.4, -0.2) is 22.4 Å². The molecule has 2 nitrogen and oxygen atoms in total. The van der Waals surface area contributed by atoms with Gasteiger partial charge in [-0.1, -0.05) is 69.6 Å². The van der Waals surface area contributed by atoms with E-state index in [2.05, 4.69) is 0 Å². The monoisotopic (exact) mass is 392 g/mol. The molecule has 2 N–H and O–H groups in total. The summed E-state index contributed by atoms with van der Waals surface area (Å²) in [4.78, 5) is 0. The molecule has 0 spiro atoms. The first-order valence-corrected chi connectivity index (χ1v) is 7.49. The van der Waals surface area contributed by atoms with Crippen LogP contribution in [0.15, 0.2) is 27.2 Å². The lowest BCUT2D eigenvalue weighted by Crippen LogP contribution is -2.30. The lowest BCUT2D eigenvalue weighted by Gasteiger charge is -2.27. The van der Waals surface area contributed by atoms with Gasteiger partial charge in [-0.15, -0.1) is 0 Å². The van der Waals surface area contributed by atoms with Gasteiger partial charge in [0.1, 0.15) is 12.2 Å². The van der Waals surface area contributed by atoms with Crippen molar-refractivity contribution in [3.63, 3.8) is 0 Å². The average Bonchev–Trinajstić information content (AvgIpc) is 2.42. The van der Waals surface area contributed by atoms with E-state index < -0.39 is 12.2 Å². The minimum atomic E-state index is -1.42. The highest BCUT2D eigenvalue weighted by Gasteiger charge is 2.35. The Balaban J connectivity index is 2.78. The second-order valence-electron chi connectivity index (χ2n) is 3.99. The van der Waals surface area contributed by atoms with Crippen LogP contribution in [0.2, 0.25) is 15.1 Å². The van der Waals surface area contributed by atoms with E-state index in [9.17, 15) is 10.2 Å². The smallest absolute Gasteiger partial charge is 0.122 e. The zero-order valence-corrected chi connectivity index (χ0v) is 14.0. The molecule has 0 fully saturated rings. The molecule has 1 aliphatic carbocycles. The van der Waals surface area contributed by atoms with E-state index in [0.717, 1.165) is 0 Å². The normalized spacial score (nSPS) is 23.6.